The lowest BCUT2D eigenvalue weighted by Gasteiger charge is -2.34. The second-order valence-corrected chi connectivity index (χ2v) is 8.70. The van der Waals surface area contributed by atoms with Crippen LogP contribution >= 0.6 is 23.5 Å². The summed E-state index contributed by atoms with van der Waals surface area (Å²) in [5.74, 6) is 0. The first kappa shape index (κ1) is 21.5. The molecule has 1 heterocycles. The van der Waals surface area contributed by atoms with Crippen molar-refractivity contribution >= 4 is 34.9 Å². The third-order valence-corrected chi connectivity index (χ3v) is 6.77. The minimum Gasteiger partial charge on any atom is -0.383 e. The molecule has 0 bridgehead atoms. The first-order chi connectivity index (χ1) is 13.8. The lowest BCUT2D eigenvalue weighted by atomic mass is 10.2. The van der Waals surface area contributed by atoms with Gasteiger partial charge in [0, 0.05) is 55.1 Å². The van der Waals surface area contributed by atoms with Gasteiger partial charge in [0.2, 0.25) is 0 Å². The second-order valence-electron chi connectivity index (χ2n) is 6.74. The van der Waals surface area contributed by atoms with Gasteiger partial charge in [-0.15, -0.1) is 11.8 Å². The Kier molecular flexibility index (Phi) is 8.55. The molecule has 2 aromatic carbocycles. The first-order valence-corrected chi connectivity index (χ1v) is 11.7. The van der Waals surface area contributed by atoms with Crippen LogP contribution in [-0.4, -0.2) is 64.8 Å². The predicted octanol–water partition coefficient (Wildman–Crippen LogP) is 5.00. The number of nitrogens with zero attached hydrogens (tertiary/aromatic N) is 2. The summed E-state index contributed by atoms with van der Waals surface area (Å²) in [4.78, 5) is 8.91. The average Bonchev–Trinajstić information content (AvgIpc) is 2.74. The van der Waals surface area contributed by atoms with Crippen molar-refractivity contribution in [3.8, 4) is 0 Å². The van der Waals surface area contributed by atoms with Gasteiger partial charge in [0.05, 0.1) is 24.6 Å². The smallest absolute Gasteiger partial charge is 0.0589 e. The van der Waals surface area contributed by atoms with E-state index in [2.05, 4.69) is 58.5 Å². The molecule has 0 amide bonds. The molecule has 0 spiro atoms. The zero-order valence-electron chi connectivity index (χ0n) is 17.0. The predicted molar refractivity (Wildman–Crippen MR) is 121 cm³/mol. The standard InChI is InChI=1S/C22H30N2O2S2/c1-25-15-13-23(14-16-26-2)11-6-12-24-19-7-4-5-8-21(19)28-22-10-9-18(27-3)17-20(22)24/h4-5,7-10,17H,6,11-16H2,1-3H3. The highest BCUT2D eigenvalue weighted by molar-refractivity contribution is 8.00. The molecule has 0 aromatic heterocycles. The summed E-state index contributed by atoms with van der Waals surface area (Å²) >= 11 is 3.67. The molecule has 0 radical (unpaired) electrons. The highest BCUT2D eigenvalue weighted by atomic mass is 32.2. The van der Waals surface area contributed by atoms with E-state index in [9.17, 15) is 0 Å². The zero-order chi connectivity index (χ0) is 19.8. The van der Waals surface area contributed by atoms with Crippen molar-refractivity contribution in [1.82, 2.24) is 4.90 Å². The van der Waals surface area contributed by atoms with E-state index in [1.54, 1.807) is 26.0 Å². The van der Waals surface area contributed by atoms with E-state index in [4.69, 9.17) is 9.47 Å². The number of rotatable bonds is 11. The molecular weight excluding hydrogens is 388 g/mol. The van der Waals surface area contributed by atoms with Gasteiger partial charge in [-0.1, -0.05) is 23.9 Å². The van der Waals surface area contributed by atoms with Crippen LogP contribution in [0.15, 0.2) is 57.2 Å². The highest BCUT2D eigenvalue weighted by Gasteiger charge is 2.23. The number of anilines is 2. The topological polar surface area (TPSA) is 24.9 Å². The molecule has 4 nitrogen and oxygen atoms in total. The summed E-state index contributed by atoms with van der Waals surface area (Å²) in [5.41, 5.74) is 2.65. The number of methoxy groups -OCH3 is 2. The van der Waals surface area contributed by atoms with Gasteiger partial charge in [-0.25, -0.2) is 0 Å². The summed E-state index contributed by atoms with van der Waals surface area (Å²) in [7, 11) is 3.52. The largest absolute Gasteiger partial charge is 0.383 e. The van der Waals surface area contributed by atoms with Gasteiger partial charge < -0.3 is 14.4 Å². The molecule has 2 aromatic rings. The average molecular weight is 419 g/mol. The molecule has 6 heteroatoms. The number of benzene rings is 2. The summed E-state index contributed by atoms with van der Waals surface area (Å²) in [6.45, 7) is 5.44. The molecule has 28 heavy (non-hydrogen) atoms. The van der Waals surface area contributed by atoms with E-state index in [1.165, 1.54) is 26.1 Å². The van der Waals surface area contributed by atoms with E-state index in [1.807, 2.05) is 11.8 Å². The Morgan fingerprint density at radius 3 is 2.36 bits per heavy atom. The number of hydrogen-bond acceptors (Lipinski definition) is 6. The fourth-order valence-electron chi connectivity index (χ4n) is 3.41. The maximum absolute atomic E-state index is 5.27. The Balaban J connectivity index is 1.73. The van der Waals surface area contributed by atoms with Crippen molar-refractivity contribution in [3.05, 3.63) is 42.5 Å². The van der Waals surface area contributed by atoms with Crippen molar-refractivity contribution in [3.63, 3.8) is 0 Å². The summed E-state index contributed by atoms with van der Waals surface area (Å²) < 4.78 is 10.5. The summed E-state index contributed by atoms with van der Waals surface area (Å²) in [6, 6.07) is 15.5. The van der Waals surface area contributed by atoms with E-state index in [-0.39, 0.29) is 0 Å². The van der Waals surface area contributed by atoms with Crippen LogP contribution < -0.4 is 4.90 Å². The summed E-state index contributed by atoms with van der Waals surface area (Å²) in [6.07, 6.45) is 3.23. The van der Waals surface area contributed by atoms with Crippen LogP contribution in [0.4, 0.5) is 11.4 Å². The molecule has 0 fully saturated rings. The van der Waals surface area contributed by atoms with Gasteiger partial charge in [0.25, 0.3) is 0 Å². The Morgan fingerprint density at radius 1 is 0.929 bits per heavy atom. The molecule has 0 aliphatic carbocycles. The minimum atomic E-state index is 0.757. The number of fused-ring (bicyclic) bond motifs is 2. The quantitative estimate of drug-likeness (QED) is 0.477. The highest BCUT2D eigenvalue weighted by Crippen LogP contribution is 2.48. The number of hydrogen-bond donors (Lipinski definition) is 0. The first-order valence-electron chi connectivity index (χ1n) is 9.69. The SMILES string of the molecule is COCCN(CCCN1c2ccccc2Sc2ccc(SC)cc21)CCOC. The lowest BCUT2D eigenvalue weighted by Crippen LogP contribution is -2.33. The molecular formula is C22H30N2O2S2. The van der Waals surface area contributed by atoms with Gasteiger partial charge >= 0.3 is 0 Å². The third-order valence-electron chi connectivity index (χ3n) is 4.91. The molecule has 1 aliphatic rings. The van der Waals surface area contributed by atoms with Crippen LogP contribution in [0.3, 0.4) is 0 Å². The Hall–Kier alpha value is -1.18. The summed E-state index contributed by atoms with van der Waals surface area (Å²) in [5, 5.41) is 0. The molecule has 0 unspecified atom stereocenters. The van der Waals surface area contributed by atoms with E-state index in [0.717, 1.165) is 45.8 Å². The number of thioether (sulfide) groups is 1. The molecule has 1 aliphatic heterocycles. The van der Waals surface area contributed by atoms with Crippen molar-refractivity contribution in [2.24, 2.45) is 0 Å². The molecule has 0 saturated heterocycles. The molecule has 3 rings (SSSR count). The fraction of sp³-hybridized carbons (Fsp3) is 0.455. The van der Waals surface area contributed by atoms with Crippen molar-refractivity contribution in [2.45, 2.75) is 21.1 Å². The number of para-hydroxylation sites is 1. The Bertz CT molecular complexity index is 749. The lowest BCUT2D eigenvalue weighted by molar-refractivity contribution is 0.114. The van der Waals surface area contributed by atoms with Crippen LogP contribution in [0, 0.1) is 0 Å². The number of ether oxygens (including phenoxy) is 2. The van der Waals surface area contributed by atoms with Crippen LogP contribution in [0.1, 0.15) is 6.42 Å². The Labute approximate surface area is 177 Å². The molecule has 0 N–H and O–H groups in total. The minimum absolute atomic E-state index is 0.757. The monoisotopic (exact) mass is 418 g/mol. The van der Waals surface area contributed by atoms with Gasteiger partial charge in [-0.2, -0.15) is 0 Å². The van der Waals surface area contributed by atoms with Gasteiger partial charge in [0.1, 0.15) is 0 Å². The van der Waals surface area contributed by atoms with Crippen LogP contribution in [-0.2, 0) is 9.47 Å². The van der Waals surface area contributed by atoms with Crippen LogP contribution in [0.5, 0.6) is 0 Å². The molecule has 0 atom stereocenters. The zero-order valence-corrected chi connectivity index (χ0v) is 18.7. The normalized spacial score (nSPS) is 12.9. The van der Waals surface area contributed by atoms with Gasteiger partial charge in [-0.05, 0) is 43.0 Å². The molecule has 0 saturated carbocycles. The van der Waals surface area contributed by atoms with E-state index >= 15 is 0 Å². The van der Waals surface area contributed by atoms with Crippen molar-refractivity contribution in [1.29, 1.82) is 0 Å². The van der Waals surface area contributed by atoms with Gasteiger partial charge in [0.15, 0.2) is 0 Å². The van der Waals surface area contributed by atoms with E-state index in [0.29, 0.717) is 0 Å². The second kappa shape index (κ2) is 11.1. The fourth-order valence-corrected chi connectivity index (χ4v) is 4.92. The van der Waals surface area contributed by atoms with Crippen molar-refractivity contribution in [2.75, 3.05) is 64.8 Å². The van der Waals surface area contributed by atoms with Crippen molar-refractivity contribution < 1.29 is 9.47 Å². The van der Waals surface area contributed by atoms with Crippen LogP contribution in [0.2, 0.25) is 0 Å². The van der Waals surface area contributed by atoms with Crippen LogP contribution in [0.25, 0.3) is 0 Å². The maximum Gasteiger partial charge on any atom is 0.0589 e. The van der Waals surface area contributed by atoms with E-state index < -0.39 is 0 Å². The Morgan fingerprint density at radius 2 is 1.64 bits per heavy atom. The third kappa shape index (κ3) is 5.45. The van der Waals surface area contributed by atoms with Gasteiger partial charge in [-0.3, -0.25) is 4.90 Å². The molecule has 152 valence electrons. The maximum atomic E-state index is 5.27.